The molecular formula is C44H42N4. The first-order chi connectivity index (χ1) is 23.3. The van der Waals surface area contributed by atoms with Gasteiger partial charge in [-0.1, -0.05) is 69.3 Å². The number of hydrogen-bond donors (Lipinski definition) is 2. The molecule has 3 aromatic carbocycles. The Kier molecular flexibility index (Phi) is 7.21. The van der Waals surface area contributed by atoms with Gasteiger partial charge in [0.2, 0.25) is 0 Å². The highest BCUT2D eigenvalue weighted by atomic mass is 14.8. The monoisotopic (exact) mass is 626 g/mol. The first kappa shape index (κ1) is 30.1. The van der Waals surface area contributed by atoms with Gasteiger partial charge in [0, 0.05) is 27.6 Å². The van der Waals surface area contributed by atoms with Crippen LogP contribution in [0.4, 0.5) is 0 Å². The molecular weight excluding hydrogens is 585 g/mol. The molecule has 0 aliphatic carbocycles. The topological polar surface area (TPSA) is 57.4 Å². The van der Waals surface area contributed by atoms with Crippen molar-refractivity contribution < 1.29 is 0 Å². The maximum absolute atomic E-state index is 5.33. The van der Waals surface area contributed by atoms with Crippen LogP contribution >= 0.6 is 0 Å². The van der Waals surface area contributed by atoms with Crippen LogP contribution in [0.15, 0.2) is 78.9 Å². The quantitative estimate of drug-likeness (QED) is 0.191. The van der Waals surface area contributed by atoms with Gasteiger partial charge in [-0.2, -0.15) is 0 Å². The number of rotatable bonds is 4. The van der Waals surface area contributed by atoms with Crippen molar-refractivity contribution >= 4 is 65.9 Å². The third kappa shape index (κ3) is 4.57. The van der Waals surface area contributed by atoms with E-state index >= 15 is 0 Å². The molecule has 6 aromatic rings. The van der Waals surface area contributed by atoms with Crippen molar-refractivity contribution in [2.75, 3.05) is 0 Å². The molecule has 0 fully saturated rings. The van der Waals surface area contributed by atoms with Gasteiger partial charge >= 0.3 is 0 Å². The summed E-state index contributed by atoms with van der Waals surface area (Å²) in [5.41, 5.74) is 19.9. The van der Waals surface area contributed by atoms with E-state index in [1.165, 1.54) is 71.7 Å². The number of nitrogens with one attached hydrogen (secondary N) is 2. The van der Waals surface area contributed by atoms with Gasteiger partial charge in [-0.05, 0) is 143 Å². The molecule has 2 N–H and O–H groups in total. The predicted molar refractivity (Wildman–Crippen MR) is 206 cm³/mol. The number of nitrogens with zero attached hydrogens (tertiary/aromatic N) is 2. The standard InChI is InChI=1S/C44H42N4/c1-8-30-24(4)35-21-40-32(10-3)26(6)37(47-40)23-42-43(44-33-17-13-11-15-28(33)19-29-16-12-14-18-34(29)44)27(7)38(48-42)22-41-31(9-2)25(5)36(46-41)20-39(30)45-35/h11-23,45,48H,8-10H2,1-7H3. The van der Waals surface area contributed by atoms with Crippen LogP contribution in [0.1, 0.15) is 86.9 Å². The van der Waals surface area contributed by atoms with Gasteiger partial charge in [0.1, 0.15) is 0 Å². The van der Waals surface area contributed by atoms with E-state index in [1.54, 1.807) is 0 Å². The van der Waals surface area contributed by atoms with Crippen molar-refractivity contribution in [1.82, 2.24) is 19.9 Å². The molecule has 2 aliphatic heterocycles. The van der Waals surface area contributed by atoms with E-state index in [-0.39, 0.29) is 0 Å². The van der Waals surface area contributed by atoms with Gasteiger partial charge < -0.3 is 9.97 Å². The van der Waals surface area contributed by atoms with Gasteiger partial charge in [-0.25, -0.2) is 9.97 Å². The maximum Gasteiger partial charge on any atom is 0.0693 e. The fourth-order valence-corrected chi connectivity index (χ4v) is 8.11. The lowest BCUT2D eigenvalue weighted by Gasteiger charge is -2.12. The van der Waals surface area contributed by atoms with Crippen molar-refractivity contribution in [2.24, 2.45) is 0 Å². The Morgan fingerprint density at radius 1 is 0.479 bits per heavy atom. The first-order valence-electron chi connectivity index (χ1n) is 17.4. The third-order valence-electron chi connectivity index (χ3n) is 10.7. The molecule has 0 saturated carbocycles. The number of fused-ring (bicyclic) bond motifs is 10. The summed E-state index contributed by atoms with van der Waals surface area (Å²) in [5, 5.41) is 4.98. The molecule has 238 valence electrons. The van der Waals surface area contributed by atoms with Crippen LogP contribution in [-0.4, -0.2) is 19.9 Å². The molecule has 2 aliphatic rings. The van der Waals surface area contributed by atoms with E-state index in [0.717, 1.165) is 64.1 Å². The second-order valence-corrected chi connectivity index (χ2v) is 13.3. The average molecular weight is 627 g/mol. The molecule has 0 saturated heterocycles. The number of H-pyrrole nitrogens is 2. The van der Waals surface area contributed by atoms with Crippen molar-refractivity contribution in [1.29, 1.82) is 0 Å². The Balaban J connectivity index is 1.58. The second kappa shape index (κ2) is 11.5. The molecule has 0 radical (unpaired) electrons. The summed E-state index contributed by atoms with van der Waals surface area (Å²) in [4.78, 5) is 18.3. The number of hydrogen-bond acceptors (Lipinski definition) is 2. The summed E-state index contributed by atoms with van der Waals surface area (Å²) in [7, 11) is 0. The largest absolute Gasteiger partial charge is 0.355 e. The molecule has 4 nitrogen and oxygen atoms in total. The molecule has 48 heavy (non-hydrogen) atoms. The zero-order valence-electron chi connectivity index (χ0n) is 29.0. The van der Waals surface area contributed by atoms with Crippen LogP contribution in [0.25, 0.3) is 77.0 Å². The van der Waals surface area contributed by atoms with Crippen molar-refractivity contribution in [3.63, 3.8) is 0 Å². The molecule has 8 bridgehead atoms. The van der Waals surface area contributed by atoms with Crippen molar-refractivity contribution in [2.45, 2.75) is 67.7 Å². The van der Waals surface area contributed by atoms with Crippen LogP contribution < -0.4 is 0 Å². The second-order valence-electron chi connectivity index (χ2n) is 13.3. The molecule has 8 rings (SSSR count). The highest BCUT2D eigenvalue weighted by molar-refractivity contribution is 6.16. The summed E-state index contributed by atoms with van der Waals surface area (Å²) in [5.74, 6) is 0. The van der Waals surface area contributed by atoms with Crippen LogP contribution in [0.2, 0.25) is 0 Å². The van der Waals surface area contributed by atoms with E-state index in [1.807, 2.05) is 0 Å². The predicted octanol–water partition coefficient (Wildman–Crippen LogP) is 12.1. The smallest absolute Gasteiger partial charge is 0.0693 e. The summed E-state index contributed by atoms with van der Waals surface area (Å²) < 4.78 is 0. The van der Waals surface area contributed by atoms with Gasteiger partial charge in [-0.15, -0.1) is 0 Å². The van der Waals surface area contributed by atoms with Crippen LogP contribution in [0.5, 0.6) is 0 Å². The maximum atomic E-state index is 5.33. The molecule has 0 unspecified atom stereocenters. The van der Waals surface area contributed by atoms with E-state index < -0.39 is 0 Å². The number of benzene rings is 3. The lowest BCUT2D eigenvalue weighted by molar-refractivity contribution is 1.14. The Hall–Kier alpha value is -5.22. The number of aromatic nitrogens is 4. The number of aromatic amines is 2. The summed E-state index contributed by atoms with van der Waals surface area (Å²) in [6.07, 6.45) is 2.78. The molecule has 3 aromatic heterocycles. The fraction of sp³-hybridized carbons (Fsp3) is 0.227. The minimum Gasteiger partial charge on any atom is -0.355 e. The molecule has 0 amide bonds. The fourth-order valence-electron chi connectivity index (χ4n) is 8.11. The Bertz CT molecular complexity index is 2500. The SMILES string of the molecule is CCC1=C(C)c2cc3[nH]c(cc4nc(cc5[nH]c(cc1n2)c(C)c5CC)C(C)=C4CC)c(C)c3-c1c2ccccc2cc2ccccc12. The van der Waals surface area contributed by atoms with E-state index in [2.05, 4.69) is 137 Å². The zero-order chi connectivity index (χ0) is 33.3. The minimum absolute atomic E-state index is 0.917. The number of aryl methyl sites for hydroxylation is 3. The Labute approximate surface area is 282 Å². The van der Waals surface area contributed by atoms with Crippen molar-refractivity contribution in [3.05, 3.63) is 118 Å². The molecule has 0 spiro atoms. The minimum atomic E-state index is 0.917. The molecule has 5 heterocycles. The summed E-state index contributed by atoms with van der Waals surface area (Å²) >= 11 is 0. The summed E-state index contributed by atoms with van der Waals surface area (Å²) in [6, 6.07) is 28.9. The highest BCUT2D eigenvalue weighted by Gasteiger charge is 2.21. The van der Waals surface area contributed by atoms with Crippen LogP contribution in [0.3, 0.4) is 0 Å². The molecule has 4 heteroatoms. The normalized spacial score (nSPS) is 13.4. The average Bonchev–Trinajstić information content (AvgIpc) is 3.76. The lowest BCUT2D eigenvalue weighted by atomic mass is 9.90. The van der Waals surface area contributed by atoms with Crippen LogP contribution in [0, 0.1) is 13.8 Å². The van der Waals surface area contributed by atoms with Gasteiger partial charge in [0.25, 0.3) is 0 Å². The molecule has 0 atom stereocenters. The Morgan fingerprint density at radius 2 is 0.958 bits per heavy atom. The number of allylic oxidation sites excluding steroid dienone is 4. The van der Waals surface area contributed by atoms with E-state index in [4.69, 9.17) is 9.97 Å². The highest BCUT2D eigenvalue weighted by Crippen LogP contribution is 2.43. The van der Waals surface area contributed by atoms with E-state index in [9.17, 15) is 0 Å². The van der Waals surface area contributed by atoms with Crippen LogP contribution in [-0.2, 0) is 6.42 Å². The Morgan fingerprint density at radius 3 is 1.50 bits per heavy atom. The first-order valence-corrected chi connectivity index (χ1v) is 17.4. The van der Waals surface area contributed by atoms with Gasteiger partial charge in [0.15, 0.2) is 0 Å². The lowest BCUT2D eigenvalue weighted by Crippen LogP contribution is -1.87. The van der Waals surface area contributed by atoms with E-state index in [0.29, 0.717) is 0 Å². The van der Waals surface area contributed by atoms with Gasteiger partial charge in [-0.3, -0.25) is 0 Å². The summed E-state index contributed by atoms with van der Waals surface area (Å²) in [6.45, 7) is 15.6. The zero-order valence-corrected chi connectivity index (χ0v) is 29.0. The van der Waals surface area contributed by atoms with Crippen molar-refractivity contribution in [3.8, 4) is 11.1 Å². The van der Waals surface area contributed by atoms with Gasteiger partial charge in [0.05, 0.1) is 22.8 Å². The third-order valence-corrected chi connectivity index (χ3v) is 10.7.